The Labute approximate surface area is 183 Å². The van der Waals surface area contributed by atoms with Crippen LogP contribution in [0.5, 0.6) is 0 Å². The topological polar surface area (TPSA) is 34.0 Å². The zero-order chi connectivity index (χ0) is 20.2. The third-order valence-electron chi connectivity index (χ3n) is 4.68. The van der Waals surface area contributed by atoms with Gasteiger partial charge in [-0.1, -0.05) is 58.4 Å². The molecule has 0 atom stereocenters. The second-order valence-corrected chi connectivity index (χ2v) is 8.90. The summed E-state index contributed by atoms with van der Waals surface area (Å²) in [5.74, 6) is 0.380. The van der Waals surface area contributed by atoms with Crippen molar-refractivity contribution >= 4 is 50.2 Å². The molecule has 0 saturated heterocycles. The van der Waals surface area contributed by atoms with E-state index in [1.807, 2.05) is 37.3 Å². The average molecular weight is 465 g/mol. The van der Waals surface area contributed by atoms with Crippen molar-refractivity contribution in [3.63, 3.8) is 0 Å². The molecule has 1 N–H and O–H groups in total. The highest BCUT2D eigenvalue weighted by atomic mass is 79.9. The third kappa shape index (κ3) is 4.92. The average Bonchev–Trinajstić information content (AvgIpc) is 3.06. The number of aromatic nitrogens is 1. The number of nitrogens with one attached hydrogen (secondary N) is 1. The number of carbonyl (C=O) groups is 1. The van der Waals surface area contributed by atoms with Crippen molar-refractivity contribution in [3.8, 4) is 0 Å². The highest BCUT2D eigenvalue weighted by molar-refractivity contribution is 9.10. The fourth-order valence-electron chi connectivity index (χ4n) is 3.31. The summed E-state index contributed by atoms with van der Waals surface area (Å²) in [6, 6.07) is 24.6. The quantitative estimate of drug-likeness (QED) is 0.330. The predicted octanol–water partition coefficient (Wildman–Crippen LogP) is 6.49. The first-order chi connectivity index (χ1) is 14.1. The molecule has 5 heteroatoms. The summed E-state index contributed by atoms with van der Waals surface area (Å²) in [6.07, 6.45) is 2.15. The molecule has 0 aliphatic carbocycles. The molecule has 1 heterocycles. The van der Waals surface area contributed by atoms with Crippen molar-refractivity contribution in [2.75, 3.05) is 11.1 Å². The number of rotatable bonds is 6. The van der Waals surface area contributed by atoms with Crippen LogP contribution in [-0.4, -0.2) is 16.2 Å². The summed E-state index contributed by atoms with van der Waals surface area (Å²) in [7, 11) is 0. The Kier molecular flexibility index (Phi) is 6.07. The molecule has 0 fully saturated rings. The number of thioether (sulfide) groups is 1. The molecule has 0 saturated carbocycles. The van der Waals surface area contributed by atoms with Crippen LogP contribution in [0.2, 0.25) is 0 Å². The maximum Gasteiger partial charge on any atom is 0.234 e. The molecule has 1 aromatic heterocycles. The summed E-state index contributed by atoms with van der Waals surface area (Å²) in [5, 5.41) is 4.16. The monoisotopic (exact) mass is 464 g/mol. The Hall–Kier alpha value is -2.50. The van der Waals surface area contributed by atoms with E-state index in [1.165, 1.54) is 16.5 Å². The van der Waals surface area contributed by atoms with Crippen molar-refractivity contribution in [2.24, 2.45) is 0 Å². The van der Waals surface area contributed by atoms with E-state index < -0.39 is 0 Å². The second-order valence-electron chi connectivity index (χ2n) is 6.97. The van der Waals surface area contributed by atoms with Gasteiger partial charge in [0.2, 0.25) is 5.91 Å². The van der Waals surface area contributed by atoms with E-state index in [-0.39, 0.29) is 5.91 Å². The SMILES string of the molecule is Cc1cccc(NC(=O)CSc2cn(Cc3ccc(Br)cc3)c3ccccc23)c1. The van der Waals surface area contributed by atoms with E-state index in [2.05, 4.69) is 74.5 Å². The van der Waals surface area contributed by atoms with Gasteiger partial charge in [0.25, 0.3) is 0 Å². The molecule has 3 aromatic carbocycles. The Morgan fingerprint density at radius 1 is 1.03 bits per heavy atom. The van der Waals surface area contributed by atoms with E-state index in [4.69, 9.17) is 0 Å². The van der Waals surface area contributed by atoms with Gasteiger partial charge in [-0.25, -0.2) is 0 Å². The van der Waals surface area contributed by atoms with Crippen molar-refractivity contribution in [2.45, 2.75) is 18.4 Å². The van der Waals surface area contributed by atoms with Crippen molar-refractivity contribution < 1.29 is 4.79 Å². The smallest absolute Gasteiger partial charge is 0.234 e. The molecule has 0 spiro atoms. The number of hydrogen-bond acceptors (Lipinski definition) is 2. The first kappa shape index (κ1) is 19.8. The molecule has 0 bridgehead atoms. The van der Waals surface area contributed by atoms with Crippen LogP contribution in [0.15, 0.2) is 88.4 Å². The number of carbonyl (C=O) groups excluding carboxylic acids is 1. The van der Waals surface area contributed by atoms with E-state index in [1.54, 1.807) is 11.8 Å². The van der Waals surface area contributed by atoms with Crippen molar-refractivity contribution in [1.29, 1.82) is 0 Å². The molecule has 0 unspecified atom stereocenters. The zero-order valence-electron chi connectivity index (χ0n) is 16.1. The Bertz CT molecular complexity index is 1150. The van der Waals surface area contributed by atoms with E-state index in [0.29, 0.717) is 5.75 Å². The van der Waals surface area contributed by atoms with E-state index >= 15 is 0 Å². The maximum absolute atomic E-state index is 12.4. The standard InChI is InChI=1S/C24H21BrN2OS/c1-17-5-4-6-20(13-17)26-24(28)16-29-23-15-27(22-8-3-2-7-21(22)23)14-18-9-11-19(25)12-10-18/h2-13,15H,14,16H2,1H3,(H,26,28). The number of halogens is 1. The molecule has 4 aromatic rings. The number of hydrogen-bond donors (Lipinski definition) is 1. The Morgan fingerprint density at radius 3 is 2.62 bits per heavy atom. The van der Waals surface area contributed by atoms with Gasteiger partial charge in [-0.3, -0.25) is 4.79 Å². The van der Waals surface area contributed by atoms with Crippen LogP contribution >= 0.6 is 27.7 Å². The van der Waals surface area contributed by atoms with E-state index in [9.17, 15) is 4.79 Å². The van der Waals surface area contributed by atoms with Gasteiger partial charge in [0.1, 0.15) is 0 Å². The lowest BCUT2D eigenvalue weighted by Crippen LogP contribution is -2.13. The lowest BCUT2D eigenvalue weighted by atomic mass is 10.2. The van der Waals surface area contributed by atoms with Gasteiger partial charge in [-0.2, -0.15) is 0 Å². The molecule has 146 valence electrons. The Balaban J connectivity index is 1.50. The normalized spacial score (nSPS) is 11.0. The first-order valence-electron chi connectivity index (χ1n) is 9.40. The number of amides is 1. The summed E-state index contributed by atoms with van der Waals surface area (Å²) in [6.45, 7) is 2.81. The molecule has 0 aliphatic heterocycles. The summed E-state index contributed by atoms with van der Waals surface area (Å²) in [5.41, 5.74) is 4.39. The van der Waals surface area contributed by atoms with Gasteiger partial charge in [-0.15, -0.1) is 11.8 Å². The first-order valence-corrected chi connectivity index (χ1v) is 11.2. The number of aryl methyl sites for hydroxylation is 1. The lowest BCUT2D eigenvalue weighted by Gasteiger charge is -2.06. The van der Waals surface area contributed by atoms with Gasteiger partial charge < -0.3 is 9.88 Å². The molecule has 0 aliphatic rings. The molecule has 29 heavy (non-hydrogen) atoms. The van der Waals surface area contributed by atoms with Crippen LogP contribution in [-0.2, 0) is 11.3 Å². The molecule has 0 radical (unpaired) electrons. The summed E-state index contributed by atoms with van der Waals surface area (Å²) >= 11 is 5.06. The number of fused-ring (bicyclic) bond motifs is 1. The lowest BCUT2D eigenvalue weighted by molar-refractivity contribution is -0.113. The van der Waals surface area contributed by atoms with Crippen LogP contribution in [0.1, 0.15) is 11.1 Å². The van der Waals surface area contributed by atoms with Gasteiger partial charge in [0, 0.05) is 38.7 Å². The van der Waals surface area contributed by atoms with Crippen LogP contribution in [0.3, 0.4) is 0 Å². The number of para-hydroxylation sites is 1. The Morgan fingerprint density at radius 2 is 1.83 bits per heavy atom. The number of anilines is 1. The maximum atomic E-state index is 12.4. The molecule has 4 rings (SSSR count). The minimum Gasteiger partial charge on any atom is -0.342 e. The second kappa shape index (κ2) is 8.89. The molecular formula is C24H21BrN2OS. The summed E-state index contributed by atoms with van der Waals surface area (Å²) < 4.78 is 3.33. The van der Waals surface area contributed by atoms with Crippen LogP contribution in [0, 0.1) is 6.92 Å². The van der Waals surface area contributed by atoms with Gasteiger partial charge in [0.05, 0.1) is 5.75 Å². The van der Waals surface area contributed by atoms with Gasteiger partial charge >= 0.3 is 0 Å². The number of benzene rings is 3. The summed E-state index contributed by atoms with van der Waals surface area (Å²) in [4.78, 5) is 13.5. The van der Waals surface area contributed by atoms with Crippen LogP contribution in [0.25, 0.3) is 10.9 Å². The van der Waals surface area contributed by atoms with Gasteiger partial charge in [0.15, 0.2) is 0 Å². The van der Waals surface area contributed by atoms with Crippen molar-refractivity contribution in [3.05, 3.63) is 94.6 Å². The van der Waals surface area contributed by atoms with Crippen molar-refractivity contribution in [1.82, 2.24) is 4.57 Å². The molecule has 3 nitrogen and oxygen atoms in total. The minimum atomic E-state index is 0.00495. The highest BCUT2D eigenvalue weighted by Crippen LogP contribution is 2.30. The molecular weight excluding hydrogens is 444 g/mol. The van der Waals surface area contributed by atoms with E-state index in [0.717, 1.165) is 27.2 Å². The van der Waals surface area contributed by atoms with Gasteiger partial charge in [-0.05, 0) is 48.4 Å². The fraction of sp³-hybridized carbons (Fsp3) is 0.125. The minimum absolute atomic E-state index is 0.00495. The fourth-order valence-corrected chi connectivity index (χ4v) is 4.46. The number of nitrogens with zero attached hydrogens (tertiary/aromatic N) is 1. The highest BCUT2D eigenvalue weighted by Gasteiger charge is 2.11. The predicted molar refractivity (Wildman–Crippen MR) is 126 cm³/mol. The largest absolute Gasteiger partial charge is 0.342 e. The van der Waals surface area contributed by atoms with Crippen LogP contribution < -0.4 is 5.32 Å². The third-order valence-corrected chi connectivity index (χ3v) is 6.25. The zero-order valence-corrected chi connectivity index (χ0v) is 18.5. The molecule has 1 amide bonds. The van der Waals surface area contributed by atoms with Crippen LogP contribution in [0.4, 0.5) is 5.69 Å².